The molecule has 18 heavy (non-hydrogen) atoms. The number of thioether (sulfide) groups is 1. The van der Waals surface area contributed by atoms with E-state index in [1.807, 2.05) is 0 Å². The van der Waals surface area contributed by atoms with E-state index >= 15 is 0 Å². The molecule has 3 rings (SSSR count). The van der Waals surface area contributed by atoms with E-state index in [-0.39, 0.29) is 0 Å². The summed E-state index contributed by atoms with van der Waals surface area (Å²) in [5.41, 5.74) is 0. The lowest BCUT2D eigenvalue weighted by atomic mass is 9.82. The van der Waals surface area contributed by atoms with Gasteiger partial charge in [0, 0.05) is 36.2 Å². The third-order valence-corrected chi connectivity index (χ3v) is 6.34. The number of nitrogens with zero attached hydrogens (tertiary/aromatic N) is 1. The maximum atomic E-state index is 11.8. The van der Waals surface area contributed by atoms with Gasteiger partial charge in [-0.25, -0.2) is 0 Å². The highest BCUT2D eigenvalue weighted by Crippen LogP contribution is 2.41. The lowest BCUT2D eigenvalue weighted by molar-refractivity contribution is -0.128. The van der Waals surface area contributed by atoms with Gasteiger partial charge in [0.1, 0.15) is 5.78 Å². The van der Waals surface area contributed by atoms with Crippen molar-refractivity contribution >= 4 is 17.5 Å². The van der Waals surface area contributed by atoms with Gasteiger partial charge in [-0.1, -0.05) is 19.8 Å². The maximum absolute atomic E-state index is 11.8. The fourth-order valence-electron chi connectivity index (χ4n) is 4.41. The first-order valence-electron chi connectivity index (χ1n) is 7.70. The van der Waals surface area contributed by atoms with Crippen molar-refractivity contribution in [2.75, 3.05) is 5.75 Å². The zero-order chi connectivity index (χ0) is 12.5. The number of Topliss-reactive ketones (excluding diaryl/α,β-unsaturated/α-hetero) is 1. The van der Waals surface area contributed by atoms with Gasteiger partial charge in [-0.3, -0.25) is 9.69 Å². The van der Waals surface area contributed by atoms with Crippen LogP contribution in [0.3, 0.4) is 0 Å². The van der Waals surface area contributed by atoms with Crippen LogP contribution in [0.25, 0.3) is 0 Å². The van der Waals surface area contributed by atoms with Crippen molar-refractivity contribution in [1.29, 1.82) is 0 Å². The van der Waals surface area contributed by atoms with Crippen molar-refractivity contribution in [1.82, 2.24) is 4.90 Å². The van der Waals surface area contributed by atoms with Gasteiger partial charge in [-0.15, -0.1) is 0 Å². The molecular formula is C15H25NOS. The molecule has 4 atom stereocenters. The normalized spacial score (nSPS) is 41.3. The first kappa shape index (κ1) is 13.0. The van der Waals surface area contributed by atoms with Crippen LogP contribution in [-0.4, -0.2) is 39.8 Å². The molecule has 1 aliphatic carbocycles. The van der Waals surface area contributed by atoms with Crippen LogP contribution in [0.1, 0.15) is 58.3 Å². The average molecular weight is 267 g/mol. The van der Waals surface area contributed by atoms with Gasteiger partial charge >= 0.3 is 0 Å². The number of carbonyl (C=O) groups excluding carboxylic acids is 1. The topological polar surface area (TPSA) is 20.3 Å². The molecule has 2 aliphatic heterocycles. The summed E-state index contributed by atoms with van der Waals surface area (Å²) in [5, 5.41) is 0.839. The highest BCUT2D eigenvalue weighted by molar-refractivity contribution is 7.99. The minimum absolute atomic E-state index is 0.527. The van der Waals surface area contributed by atoms with Crippen molar-refractivity contribution in [3.8, 4) is 0 Å². The molecule has 3 fully saturated rings. The first-order chi connectivity index (χ1) is 8.79. The summed E-state index contributed by atoms with van der Waals surface area (Å²) in [6.07, 6.45) is 9.73. The molecule has 2 nitrogen and oxygen atoms in total. The Morgan fingerprint density at radius 3 is 2.44 bits per heavy atom. The predicted molar refractivity (Wildman–Crippen MR) is 77.1 cm³/mol. The molecular weight excluding hydrogens is 242 g/mol. The van der Waals surface area contributed by atoms with Gasteiger partial charge < -0.3 is 0 Å². The summed E-state index contributed by atoms with van der Waals surface area (Å²) in [5.74, 6) is 1.77. The Morgan fingerprint density at radius 1 is 1.11 bits per heavy atom. The van der Waals surface area contributed by atoms with E-state index in [2.05, 4.69) is 23.6 Å². The first-order valence-corrected chi connectivity index (χ1v) is 8.75. The second-order valence-electron chi connectivity index (χ2n) is 6.12. The zero-order valence-electron chi connectivity index (χ0n) is 11.4. The number of carbonyl (C=O) groups is 1. The Balaban J connectivity index is 1.76. The molecule has 0 aromatic rings. The molecule has 0 radical (unpaired) electrons. The average Bonchev–Trinajstić information content (AvgIpc) is 2.76. The van der Waals surface area contributed by atoms with Crippen molar-refractivity contribution in [2.45, 2.75) is 81.7 Å². The summed E-state index contributed by atoms with van der Waals surface area (Å²) in [6.45, 7) is 2.28. The zero-order valence-corrected chi connectivity index (χ0v) is 12.3. The summed E-state index contributed by atoms with van der Waals surface area (Å²) in [7, 11) is 0. The molecule has 0 amide bonds. The predicted octanol–water partition coefficient (Wildman–Crippen LogP) is 3.25. The van der Waals surface area contributed by atoms with E-state index in [1.54, 1.807) is 0 Å². The molecule has 102 valence electrons. The molecule has 2 bridgehead atoms. The Labute approximate surface area is 115 Å². The highest BCUT2D eigenvalue weighted by Gasteiger charge is 2.44. The number of hydrogen-bond acceptors (Lipinski definition) is 3. The standard InChI is InChI=1S/C15H25NOS/c1-2-18-15-8-4-7-14(15)16-11-5-3-6-12(16)10-13(17)9-11/h11-12,14-15H,2-10H2,1H3. The molecule has 4 unspecified atom stereocenters. The maximum Gasteiger partial charge on any atom is 0.136 e. The van der Waals surface area contributed by atoms with Crippen LogP contribution in [0, 0.1) is 0 Å². The molecule has 2 saturated heterocycles. The third kappa shape index (κ3) is 2.36. The van der Waals surface area contributed by atoms with Crippen LogP contribution in [0.2, 0.25) is 0 Å². The SMILES string of the molecule is CCSC1CCCC1N1C2CCCC1CC(=O)C2. The molecule has 0 N–H and O–H groups in total. The number of rotatable bonds is 3. The largest absolute Gasteiger partial charge is 0.300 e. The smallest absolute Gasteiger partial charge is 0.136 e. The van der Waals surface area contributed by atoms with E-state index in [0.717, 1.165) is 24.1 Å². The second kappa shape index (κ2) is 5.54. The molecule has 0 aromatic heterocycles. The summed E-state index contributed by atoms with van der Waals surface area (Å²) in [6, 6.07) is 1.96. The lowest BCUT2D eigenvalue weighted by Crippen LogP contribution is -2.58. The number of hydrogen-bond donors (Lipinski definition) is 0. The fraction of sp³-hybridized carbons (Fsp3) is 0.933. The molecule has 3 aliphatic rings. The van der Waals surface area contributed by atoms with Crippen molar-refractivity contribution < 1.29 is 4.79 Å². The Bertz CT molecular complexity index is 304. The van der Waals surface area contributed by atoms with Crippen LogP contribution in [0.5, 0.6) is 0 Å². The lowest BCUT2D eigenvalue weighted by Gasteiger charge is -2.50. The quantitative estimate of drug-likeness (QED) is 0.783. The van der Waals surface area contributed by atoms with Crippen molar-refractivity contribution in [2.24, 2.45) is 0 Å². The molecule has 3 heteroatoms. The summed E-state index contributed by atoms with van der Waals surface area (Å²) in [4.78, 5) is 14.6. The minimum atomic E-state index is 0.527. The highest BCUT2D eigenvalue weighted by atomic mass is 32.2. The van der Waals surface area contributed by atoms with Crippen molar-refractivity contribution in [3.05, 3.63) is 0 Å². The van der Waals surface area contributed by atoms with Gasteiger partial charge in [0.25, 0.3) is 0 Å². The van der Waals surface area contributed by atoms with Gasteiger partial charge in [0.15, 0.2) is 0 Å². The van der Waals surface area contributed by atoms with E-state index in [1.165, 1.54) is 44.3 Å². The Morgan fingerprint density at radius 2 is 1.78 bits per heavy atom. The van der Waals surface area contributed by atoms with E-state index in [0.29, 0.717) is 17.9 Å². The summed E-state index contributed by atoms with van der Waals surface area (Å²) < 4.78 is 0. The molecule has 2 heterocycles. The van der Waals surface area contributed by atoms with E-state index in [4.69, 9.17) is 0 Å². The van der Waals surface area contributed by atoms with Crippen LogP contribution in [0.15, 0.2) is 0 Å². The molecule has 0 aromatic carbocycles. The van der Waals surface area contributed by atoms with Crippen LogP contribution in [0.4, 0.5) is 0 Å². The van der Waals surface area contributed by atoms with Gasteiger partial charge in [0.2, 0.25) is 0 Å². The monoisotopic (exact) mass is 267 g/mol. The van der Waals surface area contributed by atoms with Crippen LogP contribution in [-0.2, 0) is 4.79 Å². The minimum Gasteiger partial charge on any atom is -0.300 e. The Hall–Kier alpha value is -0.0200. The van der Waals surface area contributed by atoms with Gasteiger partial charge in [-0.05, 0) is 31.4 Å². The van der Waals surface area contributed by atoms with Gasteiger partial charge in [-0.2, -0.15) is 11.8 Å². The third-order valence-electron chi connectivity index (χ3n) is 5.03. The number of fused-ring (bicyclic) bond motifs is 2. The fourth-order valence-corrected chi connectivity index (χ4v) is 5.67. The molecule has 1 saturated carbocycles. The van der Waals surface area contributed by atoms with Crippen LogP contribution >= 0.6 is 11.8 Å². The second-order valence-corrected chi connectivity index (χ2v) is 7.64. The van der Waals surface area contributed by atoms with Crippen molar-refractivity contribution in [3.63, 3.8) is 0 Å². The number of ketones is 1. The van der Waals surface area contributed by atoms with Crippen LogP contribution < -0.4 is 0 Å². The van der Waals surface area contributed by atoms with E-state index < -0.39 is 0 Å². The molecule has 0 spiro atoms. The summed E-state index contributed by atoms with van der Waals surface area (Å²) >= 11 is 2.15. The van der Waals surface area contributed by atoms with E-state index in [9.17, 15) is 4.79 Å². The number of piperidine rings is 2. The Kier molecular flexibility index (Phi) is 4.00. The van der Waals surface area contributed by atoms with Gasteiger partial charge in [0.05, 0.1) is 0 Å².